The molecule has 0 radical (unpaired) electrons. The molecule has 3 aromatic rings. The van der Waals surface area contributed by atoms with Crippen LogP contribution >= 0.6 is 0 Å². The van der Waals surface area contributed by atoms with Crippen molar-refractivity contribution < 1.29 is 23.5 Å². The number of nitrogens with one attached hydrogen (secondary N) is 1. The predicted molar refractivity (Wildman–Crippen MR) is 112 cm³/mol. The summed E-state index contributed by atoms with van der Waals surface area (Å²) < 4.78 is 24.0. The molecular formula is C23H21FN2O4. The van der Waals surface area contributed by atoms with Crippen LogP contribution < -0.4 is 14.8 Å². The lowest BCUT2D eigenvalue weighted by atomic mass is 10.2. The normalized spacial score (nSPS) is 10.6. The Balaban J connectivity index is 1.50. The number of halogens is 1. The van der Waals surface area contributed by atoms with Crippen LogP contribution in [0.4, 0.5) is 10.1 Å². The zero-order valence-corrected chi connectivity index (χ0v) is 16.4. The molecule has 7 heteroatoms. The molecule has 0 saturated carbocycles. The first-order valence-corrected chi connectivity index (χ1v) is 9.19. The Morgan fingerprint density at radius 1 is 1.03 bits per heavy atom. The zero-order chi connectivity index (χ0) is 21.2. The van der Waals surface area contributed by atoms with Crippen LogP contribution in [0, 0.1) is 5.82 Å². The molecule has 0 aromatic heterocycles. The maximum atomic E-state index is 12.9. The number of hydrogen-bond donors (Lipinski definition) is 1. The van der Waals surface area contributed by atoms with E-state index in [0.29, 0.717) is 23.8 Å². The predicted octanol–water partition coefficient (Wildman–Crippen LogP) is 4.40. The van der Waals surface area contributed by atoms with E-state index in [4.69, 9.17) is 14.3 Å². The average Bonchev–Trinajstić information content (AvgIpc) is 2.78. The lowest BCUT2D eigenvalue weighted by molar-refractivity contribution is -0.120. The highest BCUT2D eigenvalue weighted by Gasteiger charge is 2.06. The van der Waals surface area contributed by atoms with E-state index in [-0.39, 0.29) is 12.4 Å². The number of amides is 1. The molecule has 3 aromatic carbocycles. The quantitative estimate of drug-likeness (QED) is 0.421. The van der Waals surface area contributed by atoms with Gasteiger partial charge in [-0.15, -0.1) is 0 Å². The molecule has 3 rings (SSSR count). The Morgan fingerprint density at radius 2 is 1.80 bits per heavy atom. The monoisotopic (exact) mass is 408 g/mol. The summed E-state index contributed by atoms with van der Waals surface area (Å²) >= 11 is 0. The van der Waals surface area contributed by atoms with Crippen LogP contribution in [-0.4, -0.2) is 25.8 Å². The largest absolute Gasteiger partial charge is 0.493 e. The molecule has 0 aliphatic heterocycles. The van der Waals surface area contributed by atoms with Crippen molar-refractivity contribution in [2.24, 2.45) is 5.16 Å². The minimum atomic E-state index is -0.402. The number of carbonyl (C=O) groups excluding carboxylic acids is 1. The van der Waals surface area contributed by atoms with Gasteiger partial charge in [-0.05, 0) is 48.0 Å². The number of methoxy groups -OCH3 is 1. The van der Waals surface area contributed by atoms with E-state index in [9.17, 15) is 9.18 Å². The van der Waals surface area contributed by atoms with Gasteiger partial charge in [0.15, 0.2) is 18.1 Å². The Kier molecular flexibility index (Phi) is 7.38. The number of hydrogen-bond acceptors (Lipinski definition) is 5. The van der Waals surface area contributed by atoms with Crippen LogP contribution in [-0.2, 0) is 16.2 Å². The molecule has 0 fully saturated rings. The van der Waals surface area contributed by atoms with Crippen molar-refractivity contribution in [1.29, 1.82) is 0 Å². The van der Waals surface area contributed by atoms with Crippen molar-refractivity contribution in [2.45, 2.75) is 6.61 Å². The highest BCUT2D eigenvalue weighted by Crippen LogP contribution is 2.28. The summed E-state index contributed by atoms with van der Waals surface area (Å²) in [5, 5.41) is 6.37. The summed E-state index contributed by atoms with van der Waals surface area (Å²) in [6.07, 6.45) is 1.47. The van der Waals surface area contributed by atoms with E-state index in [2.05, 4.69) is 10.5 Å². The van der Waals surface area contributed by atoms with Crippen molar-refractivity contribution >= 4 is 17.8 Å². The molecule has 30 heavy (non-hydrogen) atoms. The number of nitrogens with zero attached hydrogens (tertiary/aromatic N) is 1. The topological polar surface area (TPSA) is 69.2 Å². The van der Waals surface area contributed by atoms with Crippen LogP contribution in [0.15, 0.2) is 78.0 Å². The van der Waals surface area contributed by atoms with Crippen LogP contribution in [0.5, 0.6) is 11.5 Å². The van der Waals surface area contributed by atoms with Crippen LogP contribution in [0.25, 0.3) is 0 Å². The van der Waals surface area contributed by atoms with Crippen LogP contribution in [0.3, 0.4) is 0 Å². The number of carbonyl (C=O) groups is 1. The molecule has 0 spiro atoms. The summed E-state index contributed by atoms with van der Waals surface area (Å²) in [5.74, 6) is 0.392. The standard InChI is InChI=1S/C23H21FN2O4/c1-28-22-13-18(7-12-21(22)29-15-17-5-3-2-4-6-17)14-25-30-16-23(27)26-20-10-8-19(24)9-11-20/h2-14H,15-16H2,1H3,(H,26,27). The summed E-state index contributed by atoms with van der Waals surface area (Å²) in [5.41, 5.74) is 2.25. The molecule has 0 unspecified atom stereocenters. The third-order valence-electron chi connectivity index (χ3n) is 4.02. The Labute approximate surface area is 173 Å². The van der Waals surface area contributed by atoms with Crippen molar-refractivity contribution in [1.82, 2.24) is 0 Å². The lowest BCUT2D eigenvalue weighted by Gasteiger charge is -2.11. The number of ether oxygens (including phenoxy) is 2. The van der Waals surface area contributed by atoms with E-state index < -0.39 is 5.91 Å². The first-order chi connectivity index (χ1) is 14.6. The summed E-state index contributed by atoms with van der Waals surface area (Å²) in [6, 6.07) is 20.6. The molecule has 0 saturated heterocycles. The lowest BCUT2D eigenvalue weighted by Crippen LogP contribution is -2.16. The molecule has 1 N–H and O–H groups in total. The van der Waals surface area contributed by atoms with Gasteiger partial charge >= 0.3 is 0 Å². The van der Waals surface area contributed by atoms with Gasteiger partial charge < -0.3 is 19.6 Å². The van der Waals surface area contributed by atoms with E-state index in [1.165, 1.54) is 30.5 Å². The smallest absolute Gasteiger partial charge is 0.265 e. The molecular weight excluding hydrogens is 387 g/mol. The fourth-order valence-electron chi connectivity index (χ4n) is 2.54. The van der Waals surface area contributed by atoms with Crippen molar-refractivity contribution in [3.8, 4) is 11.5 Å². The van der Waals surface area contributed by atoms with Gasteiger partial charge in [0.1, 0.15) is 12.4 Å². The summed E-state index contributed by atoms with van der Waals surface area (Å²) in [4.78, 5) is 16.8. The molecule has 0 atom stereocenters. The SMILES string of the molecule is COc1cc(C=NOCC(=O)Nc2ccc(F)cc2)ccc1OCc1ccccc1. The van der Waals surface area contributed by atoms with Crippen LogP contribution in [0.1, 0.15) is 11.1 Å². The highest BCUT2D eigenvalue weighted by molar-refractivity contribution is 5.91. The second-order valence-corrected chi connectivity index (χ2v) is 6.25. The van der Waals surface area contributed by atoms with Crippen molar-refractivity contribution in [3.05, 3.63) is 89.7 Å². The number of oxime groups is 1. The number of rotatable bonds is 9. The van der Waals surface area contributed by atoms with Gasteiger partial charge in [-0.2, -0.15) is 0 Å². The summed E-state index contributed by atoms with van der Waals surface area (Å²) in [7, 11) is 1.56. The minimum absolute atomic E-state index is 0.275. The first-order valence-electron chi connectivity index (χ1n) is 9.19. The van der Waals surface area contributed by atoms with Gasteiger partial charge in [0, 0.05) is 11.3 Å². The average molecular weight is 408 g/mol. The maximum absolute atomic E-state index is 12.9. The van der Waals surface area contributed by atoms with E-state index in [1.807, 2.05) is 30.3 Å². The molecule has 0 aliphatic carbocycles. The fraction of sp³-hybridized carbons (Fsp3) is 0.130. The van der Waals surface area contributed by atoms with E-state index in [0.717, 1.165) is 11.1 Å². The third-order valence-corrected chi connectivity index (χ3v) is 4.02. The zero-order valence-electron chi connectivity index (χ0n) is 16.4. The van der Waals surface area contributed by atoms with Crippen LogP contribution in [0.2, 0.25) is 0 Å². The third kappa shape index (κ3) is 6.34. The minimum Gasteiger partial charge on any atom is -0.493 e. The van der Waals surface area contributed by atoms with Gasteiger partial charge in [0.2, 0.25) is 0 Å². The highest BCUT2D eigenvalue weighted by atomic mass is 19.1. The molecule has 0 aliphatic rings. The number of benzene rings is 3. The van der Waals surface area contributed by atoms with Gasteiger partial charge in [-0.25, -0.2) is 4.39 Å². The summed E-state index contributed by atoms with van der Waals surface area (Å²) in [6.45, 7) is 0.153. The first kappa shape index (κ1) is 20.9. The van der Waals surface area contributed by atoms with E-state index in [1.54, 1.807) is 25.3 Å². The van der Waals surface area contributed by atoms with Gasteiger partial charge in [-0.1, -0.05) is 35.5 Å². The van der Waals surface area contributed by atoms with Gasteiger partial charge in [0.05, 0.1) is 13.3 Å². The molecule has 0 bridgehead atoms. The Bertz CT molecular complexity index is 992. The van der Waals surface area contributed by atoms with E-state index >= 15 is 0 Å². The second kappa shape index (κ2) is 10.6. The van der Waals surface area contributed by atoms with Crippen molar-refractivity contribution in [2.75, 3.05) is 19.0 Å². The van der Waals surface area contributed by atoms with Gasteiger partial charge in [0.25, 0.3) is 5.91 Å². The molecule has 0 heterocycles. The molecule has 6 nitrogen and oxygen atoms in total. The molecule has 154 valence electrons. The second-order valence-electron chi connectivity index (χ2n) is 6.25. The number of anilines is 1. The maximum Gasteiger partial charge on any atom is 0.265 e. The Morgan fingerprint density at radius 3 is 2.53 bits per heavy atom. The van der Waals surface area contributed by atoms with Crippen molar-refractivity contribution in [3.63, 3.8) is 0 Å². The van der Waals surface area contributed by atoms with Gasteiger partial charge in [-0.3, -0.25) is 4.79 Å². The Hall–Kier alpha value is -3.87. The molecule has 1 amide bonds. The fourth-order valence-corrected chi connectivity index (χ4v) is 2.54.